The van der Waals surface area contributed by atoms with Gasteiger partial charge in [-0.15, -0.1) is 0 Å². The quantitative estimate of drug-likeness (QED) is 0.536. The van der Waals surface area contributed by atoms with Crippen LogP contribution >= 0.6 is 0 Å². The van der Waals surface area contributed by atoms with Gasteiger partial charge in [-0.25, -0.2) is 4.79 Å². The maximum Gasteiger partial charge on any atom is 0.338 e. The highest BCUT2D eigenvalue weighted by Gasteiger charge is 2.12. The first-order valence-electron chi connectivity index (χ1n) is 8.35. The van der Waals surface area contributed by atoms with Gasteiger partial charge in [0.25, 0.3) is 5.91 Å². The van der Waals surface area contributed by atoms with Gasteiger partial charge in [-0.3, -0.25) is 9.59 Å². The van der Waals surface area contributed by atoms with E-state index in [-0.39, 0.29) is 19.0 Å². The van der Waals surface area contributed by atoms with Crippen molar-refractivity contribution in [3.8, 4) is 11.5 Å². The zero-order chi connectivity index (χ0) is 19.8. The van der Waals surface area contributed by atoms with Crippen LogP contribution in [-0.4, -0.2) is 30.9 Å². The predicted octanol–water partition coefficient (Wildman–Crippen LogP) is 2.51. The number of carbonyl (C=O) groups excluding carboxylic acids is 3. The molecular weight excluding hydrogens is 350 g/mol. The number of primary amides is 1. The van der Waals surface area contributed by atoms with E-state index in [1.807, 2.05) is 6.92 Å². The number of carbonyl (C=O) groups is 3. The Bertz CT molecular complexity index is 829. The Kier molecular flexibility index (Phi) is 6.93. The van der Waals surface area contributed by atoms with E-state index >= 15 is 0 Å². The minimum atomic E-state index is -0.587. The van der Waals surface area contributed by atoms with E-state index < -0.39 is 11.9 Å². The largest absolute Gasteiger partial charge is 0.493 e. The molecule has 2 aromatic rings. The molecule has 1 amide bonds. The zero-order valence-electron chi connectivity index (χ0n) is 15.2. The van der Waals surface area contributed by atoms with Crippen molar-refractivity contribution in [2.75, 3.05) is 13.2 Å². The molecule has 7 heteroatoms. The van der Waals surface area contributed by atoms with E-state index in [2.05, 4.69) is 0 Å². The molecule has 2 aromatic carbocycles. The molecule has 0 aromatic heterocycles. The van der Waals surface area contributed by atoms with E-state index in [4.69, 9.17) is 19.9 Å². The van der Waals surface area contributed by atoms with Crippen molar-refractivity contribution >= 4 is 17.7 Å². The third-order valence-corrected chi connectivity index (χ3v) is 3.60. The van der Waals surface area contributed by atoms with Gasteiger partial charge in [-0.2, -0.15) is 0 Å². The fourth-order valence-electron chi connectivity index (χ4n) is 2.28. The van der Waals surface area contributed by atoms with Gasteiger partial charge < -0.3 is 19.9 Å². The summed E-state index contributed by atoms with van der Waals surface area (Å²) in [4.78, 5) is 34.5. The number of amides is 1. The van der Waals surface area contributed by atoms with Crippen LogP contribution in [0, 0.1) is 0 Å². The van der Waals surface area contributed by atoms with Crippen LogP contribution in [0.3, 0.4) is 0 Å². The van der Waals surface area contributed by atoms with Crippen molar-refractivity contribution in [2.24, 2.45) is 5.73 Å². The lowest BCUT2D eigenvalue weighted by atomic mass is 10.1. The minimum absolute atomic E-state index is 0.0325. The fraction of sp³-hybridized carbons (Fsp3) is 0.250. The Morgan fingerprint density at radius 1 is 0.963 bits per heavy atom. The Balaban J connectivity index is 2.05. The van der Waals surface area contributed by atoms with E-state index in [9.17, 15) is 14.4 Å². The van der Waals surface area contributed by atoms with E-state index in [0.717, 1.165) is 0 Å². The molecular formula is C20H21NO6. The summed E-state index contributed by atoms with van der Waals surface area (Å²) in [6.45, 7) is 3.49. The van der Waals surface area contributed by atoms with Crippen LogP contribution in [0.5, 0.6) is 11.5 Å². The van der Waals surface area contributed by atoms with Gasteiger partial charge in [0.1, 0.15) is 18.1 Å². The molecule has 0 saturated carbocycles. The number of esters is 1. The van der Waals surface area contributed by atoms with E-state index in [1.165, 1.54) is 19.1 Å². The molecule has 0 heterocycles. The molecule has 0 aliphatic rings. The first kappa shape index (κ1) is 20.0. The van der Waals surface area contributed by atoms with Crippen LogP contribution in [-0.2, 0) is 16.1 Å². The van der Waals surface area contributed by atoms with Crippen molar-refractivity contribution in [1.82, 2.24) is 0 Å². The second-order valence-electron chi connectivity index (χ2n) is 5.67. The van der Waals surface area contributed by atoms with E-state index in [1.54, 1.807) is 30.3 Å². The summed E-state index contributed by atoms with van der Waals surface area (Å²) >= 11 is 0. The SMILES string of the molecule is CCOc1ccc(C(C)=O)cc1COC(=O)c1ccc(OCC(N)=O)cc1. The van der Waals surface area contributed by atoms with Gasteiger partial charge in [0.05, 0.1) is 12.2 Å². The highest BCUT2D eigenvalue weighted by molar-refractivity contribution is 5.94. The molecule has 142 valence electrons. The summed E-state index contributed by atoms with van der Waals surface area (Å²) in [5.74, 6) is -0.232. The first-order valence-corrected chi connectivity index (χ1v) is 8.35. The molecule has 0 radical (unpaired) electrons. The summed E-state index contributed by atoms with van der Waals surface area (Å²) < 4.78 is 16.0. The molecule has 7 nitrogen and oxygen atoms in total. The fourth-order valence-corrected chi connectivity index (χ4v) is 2.28. The van der Waals surface area contributed by atoms with Crippen molar-refractivity contribution in [3.05, 3.63) is 59.2 Å². The number of nitrogens with two attached hydrogens (primary N) is 1. The smallest absolute Gasteiger partial charge is 0.338 e. The molecule has 0 fully saturated rings. The number of hydrogen-bond acceptors (Lipinski definition) is 6. The lowest BCUT2D eigenvalue weighted by Gasteiger charge is -2.12. The topological polar surface area (TPSA) is 105 Å². The molecule has 0 bridgehead atoms. The molecule has 0 aliphatic carbocycles. The number of ketones is 1. The van der Waals surface area contributed by atoms with Crippen molar-refractivity contribution in [3.63, 3.8) is 0 Å². The average Bonchev–Trinajstić information content (AvgIpc) is 2.65. The Morgan fingerprint density at radius 2 is 1.63 bits per heavy atom. The first-order chi connectivity index (χ1) is 12.9. The Hall–Kier alpha value is -3.35. The zero-order valence-corrected chi connectivity index (χ0v) is 15.2. The highest BCUT2D eigenvalue weighted by atomic mass is 16.5. The van der Waals surface area contributed by atoms with Gasteiger partial charge in [0.2, 0.25) is 0 Å². The lowest BCUT2D eigenvalue weighted by molar-refractivity contribution is -0.119. The standard InChI is InChI=1S/C20H21NO6/c1-3-25-18-9-6-15(13(2)22)10-16(18)11-27-20(24)14-4-7-17(8-5-14)26-12-19(21)23/h4-10H,3,11-12H2,1-2H3,(H2,21,23). The summed E-state index contributed by atoms with van der Waals surface area (Å²) in [5.41, 5.74) is 6.45. The third kappa shape index (κ3) is 5.85. The average molecular weight is 371 g/mol. The summed E-state index contributed by atoms with van der Waals surface area (Å²) in [6, 6.07) is 11.1. The maximum atomic E-state index is 12.2. The Labute approximate surface area is 157 Å². The van der Waals surface area contributed by atoms with Crippen molar-refractivity contribution in [2.45, 2.75) is 20.5 Å². The predicted molar refractivity (Wildman–Crippen MR) is 97.9 cm³/mol. The number of hydrogen-bond donors (Lipinski definition) is 1. The molecule has 2 N–H and O–H groups in total. The van der Waals surface area contributed by atoms with Gasteiger partial charge in [0, 0.05) is 11.1 Å². The Morgan fingerprint density at radius 3 is 2.22 bits per heavy atom. The van der Waals surface area contributed by atoms with Gasteiger partial charge in [0.15, 0.2) is 12.4 Å². The summed E-state index contributed by atoms with van der Waals surface area (Å²) in [7, 11) is 0. The molecule has 0 atom stereocenters. The van der Waals surface area contributed by atoms with Crippen LogP contribution in [0.25, 0.3) is 0 Å². The molecule has 0 unspecified atom stereocenters. The summed E-state index contributed by atoms with van der Waals surface area (Å²) in [6.07, 6.45) is 0. The number of rotatable bonds is 9. The molecule has 2 rings (SSSR count). The van der Waals surface area contributed by atoms with Gasteiger partial charge in [-0.05, 0) is 56.3 Å². The monoisotopic (exact) mass is 371 g/mol. The minimum Gasteiger partial charge on any atom is -0.493 e. The third-order valence-electron chi connectivity index (χ3n) is 3.60. The lowest BCUT2D eigenvalue weighted by Crippen LogP contribution is -2.20. The van der Waals surface area contributed by atoms with Gasteiger partial charge in [-0.1, -0.05) is 0 Å². The normalized spacial score (nSPS) is 10.1. The molecule has 27 heavy (non-hydrogen) atoms. The summed E-state index contributed by atoms with van der Waals surface area (Å²) in [5, 5.41) is 0. The molecule has 0 aliphatic heterocycles. The van der Waals surface area contributed by atoms with Crippen LogP contribution in [0.2, 0.25) is 0 Å². The van der Waals surface area contributed by atoms with Crippen LogP contribution in [0.1, 0.15) is 40.1 Å². The molecule has 0 spiro atoms. The van der Waals surface area contributed by atoms with E-state index in [0.29, 0.717) is 34.8 Å². The van der Waals surface area contributed by atoms with Gasteiger partial charge >= 0.3 is 5.97 Å². The highest BCUT2D eigenvalue weighted by Crippen LogP contribution is 2.22. The molecule has 0 saturated heterocycles. The van der Waals surface area contributed by atoms with Crippen LogP contribution in [0.15, 0.2) is 42.5 Å². The van der Waals surface area contributed by atoms with Crippen LogP contribution < -0.4 is 15.2 Å². The van der Waals surface area contributed by atoms with Crippen LogP contribution in [0.4, 0.5) is 0 Å². The maximum absolute atomic E-state index is 12.2. The number of benzene rings is 2. The second kappa shape index (κ2) is 9.38. The number of Topliss-reactive ketones (excluding diaryl/α,β-unsaturated/α-hetero) is 1. The number of ether oxygens (including phenoxy) is 3. The second-order valence-corrected chi connectivity index (χ2v) is 5.67. The van der Waals surface area contributed by atoms with Crippen molar-refractivity contribution < 1.29 is 28.6 Å². The van der Waals surface area contributed by atoms with Crippen molar-refractivity contribution in [1.29, 1.82) is 0 Å².